The summed E-state index contributed by atoms with van der Waals surface area (Å²) in [6.45, 7) is 5.92. The number of nitrogens with zero attached hydrogens (tertiary/aromatic N) is 6. The third-order valence-electron chi connectivity index (χ3n) is 5.96. The maximum atomic E-state index is 12.0. The van der Waals surface area contributed by atoms with Gasteiger partial charge in [0.1, 0.15) is 24.0 Å². The highest BCUT2D eigenvalue weighted by Gasteiger charge is 2.27. The first-order chi connectivity index (χ1) is 15.9. The van der Waals surface area contributed by atoms with Gasteiger partial charge in [-0.05, 0) is 32.0 Å². The number of hydrogen-bond donors (Lipinski definition) is 0. The van der Waals surface area contributed by atoms with Gasteiger partial charge >= 0.3 is 0 Å². The van der Waals surface area contributed by atoms with Crippen LogP contribution in [0.3, 0.4) is 0 Å². The molecule has 5 rings (SSSR count). The van der Waals surface area contributed by atoms with Crippen LogP contribution < -0.4 is 4.74 Å². The zero-order valence-corrected chi connectivity index (χ0v) is 19.4. The molecule has 0 radical (unpaired) electrons. The number of carbonyl (C=O) groups is 1. The van der Waals surface area contributed by atoms with Crippen LogP contribution >= 0.6 is 0 Å². The molecular formula is C24H26N6O3. The molecule has 9 heteroatoms. The lowest BCUT2D eigenvalue weighted by atomic mass is 10.0. The lowest BCUT2D eigenvalue weighted by molar-refractivity contribution is -0.131. The largest absolute Gasteiger partial charge is 0.497 e. The summed E-state index contributed by atoms with van der Waals surface area (Å²) in [7, 11) is 3.58. The van der Waals surface area contributed by atoms with Crippen LogP contribution in [-0.4, -0.2) is 48.3 Å². The summed E-state index contributed by atoms with van der Waals surface area (Å²) < 4.78 is 15.2. The monoisotopic (exact) mass is 446 g/mol. The maximum Gasteiger partial charge on any atom is 0.247 e. The van der Waals surface area contributed by atoms with E-state index in [9.17, 15) is 4.79 Å². The second kappa shape index (κ2) is 7.91. The van der Waals surface area contributed by atoms with Crippen LogP contribution in [0, 0.1) is 0 Å². The lowest BCUT2D eigenvalue weighted by Crippen LogP contribution is -2.34. The SMILES string of the molecule is COc1ccc2c(c1)-c1nn(C)cc1Cc1c(-c3nc(CN(C(C)=O)C(C)C)co3)ncn1-2. The highest BCUT2D eigenvalue weighted by molar-refractivity contribution is 5.77. The number of imidazole rings is 1. The number of aromatic nitrogens is 5. The Hall–Kier alpha value is -3.88. The van der Waals surface area contributed by atoms with Crippen LogP contribution in [-0.2, 0) is 24.8 Å². The highest BCUT2D eigenvalue weighted by atomic mass is 16.5. The molecule has 0 atom stereocenters. The van der Waals surface area contributed by atoms with Crippen molar-refractivity contribution in [2.24, 2.45) is 7.05 Å². The average Bonchev–Trinajstić information content (AvgIpc) is 3.48. The molecule has 3 aromatic heterocycles. The Labute approximate surface area is 191 Å². The number of hydrogen-bond acceptors (Lipinski definition) is 6. The first-order valence-electron chi connectivity index (χ1n) is 10.8. The second-order valence-corrected chi connectivity index (χ2v) is 8.53. The standard InChI is InChI=1S/C24H26N6O3/c1-14(2)29(15(3)31)11-17-12-33-24(26-17)23-21-8-16-10-28(4)27-22(16)19-9-18(32-5)6-7-20(19)30(21)13-25-23/h6-7,9-10,12-14H,8,11H2,1-5H3. The van der Waals surface area contributed by atoms with E-state index in [0.29, 0.717) is 30.2 Å². The Morgan fingerprint density at radius 1 is 1.30 bits per heavy atom. The van der Waals surface area contributed by atoms with E-state index in [2.05, 4.69) is 14.5 Å². The minimum Gasteiger partial charge on any atom is -0.497 e. The fraction of sp³-hybridized carbons (Fsp3) is 0.333. The number of aryl methyl sites for hydroxylation is 1. The van der Waals surface area contributed by atoms with Gasteiger partial charge in [-0.1, -0.05) is 0 Å². The zero-order valence-electron chi connectivity index (χ0n) is 19.4. The summed E-state index contributed by atoms with van der Waals surface area (Å²) in [4.78, 5) is 23.0. The van der Waals surface area contributed by atoms with Gasteiger partial charge in [0, 0.05) is 43.8 Å². The van der Waals surface area contributed by atoms with Crippen molar-refractivity contribution in [3.8, 4) is 34.3 Å². The molecular weight excluding hydrogens is 420 g/mol. The van der Waals surface area contributed by atoms with Crippen molar-refractivity contribution in [3.63, 3.8) is 0 Å². The molecule has 1 aliphatic rings. The van der Waals surface area contributed by atoms with Gasteiger partial charge < -0.3 is 18.6 Å². The van der Waals surface area contributed by atoms with Crippen LogP contribution in [0.4, 0.5) is 0 Å². The molecule has 1 aliphatic heterocycles. The molecule has 0 fully saturated rings. The summed E-state index contributed by atoms with van der Waals surface area (Å²) in [5, 5.41) is 4.71. The van der Waals surface area contributed by atoms with Crippen molar-refractivity contribution in [1.82, 2.24) is 29.2 Å². The first-order valence-corrected chi connectivity index (χ1v) is 10.8. The highest BCUT2D eigenvalue weighted by Crippen LogP contribution is 2.38. The summed E-state index contributed by atoms with van der Waals surface area (Å²) in [6, 6.07) is 6.02. The molecule has 170 valence electrons. The number of carbonyl (C=O) groups excluding carboxylic acids is 1. The summed E-state index contributed by atoms with van der Waals surface area (Å²) in [5.74, 6) is 1.21. The number of fused-ring (bicyclic) bond motifs is 5. The van der Waals surface area contributed by atoms with Crippen molar-refractivity contribution in [3.05, 3.63) is 53.9 Å². The van der Waals surface area contributed by atoms with Crippen LogP contribution in [0.15, 0.2) is 41.4 Å². The van der Waals surface area contributed by atoms with E-state index >= 15 is 0 Å². The Bertz CT molecular complexity index is 1350. The van der Waals surface area contributed by atoms with Gasteiger partial charge in [0.25, 0.3) is 0 Å². The van der Waals surface area contributed by atoms with Gasteiger partial charge in [0.2, 0.25) is 11.8 Å². The lowest BCUT2D eigenvalue weighted by Gasteiger charge is -2.23. The maximum absolute atomic E-state index is 12.0. The molecule has 9 nitrogen and oxygen atoms in total. The summed E-state index contributed by atoms with van der Waals surface area (Å²) in [5.41, 5.74) is 6.29. The molecule has 1 amide bonds. The topological polar surface area (TPSA) is 91.2 Å². The Morgan fingerprint density at radius 3 is 2.85 bits per heavy atom. The Morgan fingerprint density at radius 2 is 2.12 bits per heavy atom. The van der Waals surface area contributed by atoms with E-state index < -0.39 is 0 Å². The molecule has 1 aromatic carbocycles. The fourth-order valence-electron chi connectivity index (χ4n) is 4.37. The van der Waals surface area contributed by atoms with E-state index in [1.165, 1.54) is 0 Å². The Balaban J connectivity index is 1.58. The second-order valence-electron chi connectivity index (χ2n) is 8.53. The number of rotatable bonds is 5. The van der Waals surface area contributed by atoms with Gasteiger partial charge in [-0.15, -0.1) is 0 Å². The minimum absolute atomic E-state index is 0.00144. The van der Waals surface area contributed by atoms with Crippen LogP contribution in [0.25, 0.3) is 28.5 Å². The molecule has 0 bridgehead atoms. The van der Waals surface area contributed by atoms with E-state index in [0.717, 1.165) is 34.0 Å². The van der Waals surface area contributed by atoms with E-state index in [1.807, 2.05) is 50.0 Å². The number of ether oxygens (including phenoxy) is 1. The molecule has 0 saturated heterocycles. The van der Waals surface area contributed by atoms with Crippen molar-refractivity contribution in [2.75, 3.05) is 7.11 Å². The predicted octanol–water partition coefficient (Wildman–Crippen LogP) is 3.60. The average molecular weight is 447 g/mol. The Kier molecular flexibility index (Phi) is 5.03. The van der Waals surface area contributed by atoms with Crippen LogP contribution in [0.5, 0.6) is 5.75 Å². The molecule has 0 spiro atoms. The fourth-order valence-corrected chi connectivity index (χ4v) is 4.37. The first kappa shape index (κ1) is 21.0. The molecule has 0 N–H and O–H groups in total. The van der Waals surface area contributed by atoms with Crippen LogP contribution in [0.2, 0.25) is 0 Å². The van der Waals surface area contributed by atoms with Crippen molar-refractivity contribution in [2.45, 2.75) is 39.8 Å². The minimum atomic E-state index is 0.00144. The number of oxazole rings is 1. The van der Waals surface area contributed by atoms with Gasteiger partial charge in [0.05, 0.1) is 36.4 Å². The molecule has 0 aliphatic carbocycles. The smallest absolute Gasteiger partial charge is 0.247 e. The van der Waals surface area contributed by atoms with Crippen LogP contribution in [0.1, 0.15) is 37.7 Å². The molecule has 0 saturated carbocycles. The molecule has 4 heterocycles. The van der Waals surface area contributed by atoms with Gasteiger partial charge in [-0.25, -0.2) is 9.97 Å². The van der Waals surface area contributed by atoms with Gasteiger partial charge in [-0.2, -0.15) is 5.10 Å². The molecule has 0 unspecified atom stereocenters. The van der Waals surface area contributed by atoms with E-state index in [1.54, 1.807) is 31.5 Å². The number of benzene rings is 1. The predicted molar refractivity (Wildman–Crippen MR) is 122 cm³/mol. The molecule has 4 aromatic rings. The van der Waals surface area contributed by atoms with Crippen molar-refractivity contribution in [1.29, 1.82) is 0 Å². The van der Waals surface area contributed by atoms with E-state index in [-0.39, 0.29) is 11.9 Å². The van der Waals surface area contributed by atoms with Gasteiger partial charge in [-0.3, -0.25) is 9.48 Å². The summed E-state index contributed by atoms with van der Waals surface area (Å²) >= 11 is 0. The number of amides is 1. The van der Waals surface area contributed by atoms with Crippen molar-refractivity contribution >= 4 is 5.91 Å². The molecule has 33 heavy (non-hydrogen) atoms. The summed E-state index contributed by atoms with van der Waals surface area (Å²) in [6.07, 6.45) is 6.05. The third kappa shape index (κ3) is 3.59. The number of methoxy groups -OCH3 is 1. The van der Waals surface area contributed by atoms with Gasteiger partial charge in [0.15, 0.2) is 0 Å². The zero-order chi connectivity index (χ0) is 23.3. The van der Waals surface area contributed by atoms with E-state index in [4.69, 9.17) is 14.3 Å². The van der Waals surface area contributed by atoms with Crippen molar-refractivity contribution < 1.29 is 13.9 Å². The third-order valence-corrected chi connectivity index (χ3v) is 5.96. The quantitative estimate of drug-likeness (QED) is 0.410. The normalized spacial score (nSPS) is 12.2.